The van der Waals surface area contributed by atoms with Crippen molar-refractivity contribution in [3.05, 3.63) is 71.0 Å². The predicted molar refractivity (Wildman–Crippen MR) is 93.2 cm³/mol. The second-order valence-corrected chi connectivity index (χ2v) is 6.51. The molecule has 0 radical (unpaired) electrons. The van der Waals surface area contributed by atoms with Gasteiger partial charge in [-0.15, -0.1) is 0 Å². The van der Waals surface area contributed by atoms with E-state index in [4.69, 9.17) is 4.74 Å². The number of halogens is 1. The Labute approximate surface area is 151 Å². The zero-order valence-electron chi connectivity index (χ0n) is 14.4. The van der Waals surface area contributed by atoms with Crippen molar-refractivity contribution in [2.24, 2.45) is 5.92 Å². The maximum atomic E-state index is 13.5. The van der Waals surface area contributed by atoms with Crippen molar-refractivity contribution in [3.8, 4) is 0 Å². The van der Waals surface area contributed by atoms with Crippen LogP contribution in [0.25, 0.3) is 0 Å². The van der Waals surface area contributed by atoms with Crippen LogP contribution in [0.2, 0.25) is 0 Å². The van der Waals surface area contributed by atoms with E-state index in [1.807, 2.05) is 30.3 Å². The summed E-state index contributed by atoms with van der Waals surface area (Å²) in [5.41, 5.74) is 2.03. The second-order valence-electron chi connectivity index (χ2n) is 6.51. The number of aryl methyl sites for hydroxylation is 1. The number of aliphatic carboxylic acids is 1. The van der Waals surface area contributed by atoms with E-state index in [0.717, 1.165) is 11.1 Å². The molecule has 1 heterocycles. The van der Waals surface area contributed by atoms with Gasteiger partial charge in [-0.3, -0.25) is 4.79 Å². The molecule has 3 rings (SSSR count). The van der Waals surface area contributed by atoms with E-state index >= 15 is 0 Å². The number of nitrogens with zero attached hydrogens (tertiary/aromatic N) is 1. The largest absolute Gasteiger partial charge is 0.481 e. The van der Waals surface area contributed by atoms with Gasteiger partial charge in [-0.2, -0.15) is 0 Å². The van der Waals surface area contributed by atoms with Gasteiger partial charge in [0.05, 0.1) is 5.92 Å². The number of amides is 1. The average Bonchev–Trinajstić information content (AvgIpc) is 3.09. The van der Waals surface area contributed by atoms with Gasteiger partial charge in [0.1, 0.15) is 12.4 Å². The van der Waals surface area contributed by atoms with Crippen LogP contribution in [-0.2, 0) is 16.1 Å². The Hall–Kier alpha value is -2.89. The van der Waals surface area contributed by atoms with Gasteiger partial charge in [-0.1, -0.05) is 42.5 Å². The molecule has 0 bridgehead atoms. The van der Waals surface area contributed by atoms with Crippen molar-refractivity contribution < 1.29 is 23.8 Å². The van der Waals surface area contributed by atoms with Gasteiger partial charge in [0.2, 0.25) is 0 Å². The summed E-state index contributed by atoms with van der Waals surface area (Å²) in [5.74, 6) is -2.45. The molecule has 1 amide bonds. The Morgan fingerprint density at radius 1 is 1.19 bits per heavy atom. The molecule has 26 heavy (non-hydrogen) atoms. The number of likely N-dealkylation sites (tertiary alicyclic amines) is 1. The van der Waals surface area contributed by atoms with E-state index in [2.05, 4.69) is 0 Å². The molecule has 0 aromatic heterocycles. The first kappa shape index (κ1) is 17.9. The standard InChI is InChI=1S/C20H20FNO4/c1-13-9-15(7-8-18(13)21)16-10-22(11-17(16)19(23)24)20(25)26-12-14-5-3-2-4-6-14/h2-9,16-17H,10-12H2,1H3,(H,23,24). The van der Waals surface area contributed by atoms with Crippen LogP contribution in [0.15, 0.2) is 48.5 Å². The molecule has 5 nitrogen and oxygen atoms in total. The minimum Gasteiger partial charge on any atom is -0.481 e. The van der Waals surface area contributed by atoms with Gasteiger partial charge >= 0.3 is 12.1 Å². The van der Waals surface area contributed by atoms with E-state index in [1.54, 1.807) is 19.1 Å². The first-order valence-corrected chi connectivity index (χ1v) is 8.40. The zero-order valence-corrected chi connectivity index (χ0v) is 14.4. The lowest BCUT2D eigenvalue weighted by Gasteiger charge is -2.17. The molecule has 1 saturated heterocycles. The Kier molecular flexibility index (Phi) is 5.21. The summed E-state index contributed by atoms with van der Waals surface area (Å²) >= 11 is 0. The minimum absolute atomic E-state index is 0.0735. The fourth-order valence-electron chi connectivity index (χ4n) is 3.25. The van der Waals surface area contributed by atoms with Gasteiger partial charge < -0.3 is 14.7 Å². The van der Waals surface area contributed by atoms with Crippen LogP contribution in [0.4, 0.5) is 9.18 Å². The monoisotopic (exact) mass is 357 g/mol. The third-order valence-electron chi connectivity index (χ3n) is 4.71. The maximum absolute atomic E-state index is 13.5. The molecular formula is C20H20FNO4. The summed E-state index contributed by atoms with van der Waals surface area (Å²) in [7, 11) is 0. The number of hydrogen-bond acceptors (Lipinski definition) is 3. The number of benzene rings is 2. The Bertz CT molecular complexity index is 809. The normalized spacial score (nSPS) is 19.4. The number of rotatable bonds is 4. The molecule has 1 N–H and O–H groups in total. The van der Waals surface area contributed by atoms with Crippen molar-refractivity contribution in [3.63, 3.8) is 0 Å². The number of carboxylic acid groups (broad SMARTS) is 1. The highest BCUT2D eigenvalue weighted by molar-refractivity contribution is 5.75. The van der Waals surface area contributed by atoms with Crippen molar-refractivity contribution in [1.29, 1.82) is 0 Å². The van der Waals surface area contributed by atoms with Crippen LogP contribution >= 0.6 is 0 Å². The molecule has 2 aromatic carbocycles. The van der Waals surface area contributed by atoms with Crippen LogP contribution in [0.1, 0.15) is 22.6 Å². The molecule has 0 saturated carbocycles. The number of hydrogen-bond donors (Lipinski definition) is 1. The first-order chi connectivity index (χ1) is 12.5. The maximum Gasteiger partial charge on any atom is 0.410 e. The lowest BCUT2D eigenvalue weighted by molar-refractivity contribution is -0.141. The molecule has 2 atom stereocenters. The molecule has 1 aliphatic heterocycles. The molecule has 1 fully saturated rings. The molecule has 0 spiro atoms. The van der Waals surface area contributed by atoms with E-state index in [0.29, 0.717) is 5.56 Å². The number of carbonyl (C=O) groups is 2. The van der Waals surface area contributed by atoms with Gasteiger partial charge in [-0.25, -0.2) is 9.18 Å². The Balaban J connectivity index is 1.71. The van der Waals surface area contributed by atoms with Gasteiger partial charge in [0.25, 0.3) is 0 Å². The summed E-state index contributed by atoms with van der Waals surface area (Å²) in [4.78, 5) is 25.4. The number of carboxylic acids is 1. The van der Waals surface area contributed by atoms with Gasteiger partial charge in [0.15, 0.2) is 0 Å². The summed E-state index contributed by atoms with van der Waals surface area (Å²) in [5, 5.41) is 9.52. The third kappa shape index (κ3) is 3.85. The fraction of sp³-hybridized carbons (Fsp3) is 0.300. The van der Waals surface area contributed by atoms with Gasteiger partial charge in [-0.05, 0) is 29.7 Å². The molecule has 2 unspecified atom stereocenters. The third-order valence-corrected chi connectivity index (χ3v) is 4.71. The van der Waals surface area contributed by atoms with Crippen molar-refractivity contribution in [1.82, 2.24) is 4.90 Å². The molecular weight excluding hydrogens is 337 g/mol. The summed E-state index contributed by atoms with van der Waals surface area (Å²) in [6, 6.07) is 13.8. The van der Waals surface area contributed by atoms with Crippen LogP contribution < -0.4 is 0 Å². The smallest absolute Gasteiger partial charge is 0.410 e. The van der Waals surface area contributed by atoms with Crippen molar-refractivity contribution in [2.75, 3.05) is 13.1 Å². The summed E-state index contributed by atoms with van der Waals surface area (Å²) < 4.78 is 18.8. The second kappa shape index (κ2) is 7.56. The van der Waals surface area contributed by atoms with E-state index in [-0.39, 0.29) is 25.5 Å². The van der Waals surface area contributed by atoms with Crippen molar-refractivity contribution >= 4 is 12.1 Å². The van der Waals surface area contributed by atoms with E-state index in [9.17, 15) is 19.1 Å². The highest BCUT2D eigenvalue weighted by Crippen LogP contribution is 2.34. The Morgan fingerprint density at radius 3 is 2.58 bits per heavy atom. The minimum atomic E-state index is -0.977. The molecule has 136 valence electrons. The molecule has 1 aliphatic rings. The van der Waals surface area contributed by atoms with Crippen molar-refractivity contribution in [2.45, 2.75) is 19.4 Å². The highest BCUT2D eigenvalue weighted by atomic mass is 19.1. The van der Waals surface area contributed by atoms with Crippen LogP contribution in [0.5, 0.6) is 0 Å². The Morgan fingerprint density at radius 2 is 1.92 bits per heavy atom. The average molecular weight is 357 g/mol. The quantitative estimate of drug-likeness (QED) is 0.908. The summed E-state index contributed by atoms with van der Waals surface area (Å²) in [6.45, 7) is 2.07. The topological polar surface area (TPSA) is 66.8 Å². The lowest BCUT2D eigenvalue weighted by Crippen LogP contribution is -2.30. The van der Waals surface area contributed by atoms with Crippen LogP contribution in [-0.4, -0.2) is 35.2 Å². The molecule has 0 aliphatic carbocycles. The number of carbonyl (C=O) groups excluding carboxylic acids is 1. The first-order valence-electron chi connectivity index (χ1n) is 8.40. The summed E-state index contributed by atoms with van der Waals surface area (Å²) in [6.07, 6.45) is -0.540. The SMILES string of the molecule is Cc1cc(C2CN(C(=O)OCc3ccccc3)CC2C(=O)O)ccc1F. The zero-order chi connectivity index (χ0) is 18.7. The fourth-order valence-corrected chi connectivity index (χ4v) is 3.25. The molecule has 2 aromatic rings. The highest BCUT2D eigenvalue weighted by Gasteiger charge is 2.41. The van der Waals surface area contributed by atoms with Gasteiger partial charge in [0, 0.05) is 19.0 Å². The van der Waals surface area contributed by atoms with Crippen LogP contribution in [0, 0.1) is 18.7 Å². The lowest BCUT2D eigenvalue weighted by atomic mass is 9.88. The number of ether oxygens (including phenoxy) is 1. The van der Waals surface area contributed by atoms with E-state index in [1.165, 1.54) is 11.0 Å². The predicted octanol–water partition coefficient (Wildman–Crippen LogP) is 3.57. The van der Waals surface area contributed by atoms with Crippen LogP contribution in [0.3, 0.4) is 0 Å². The molecule has 6 heteroatoms. The van der Waals surface area contributed by atoms with E-state index < -0.39 is 23.9 Å².